The van der Waals surface area contributed by atoms with Gasteiger partial charge in [-0.2, -0.15) is 0 Å². The van der Waals surface area contributed by atoms with E-state index in [1.807, 2.05) is 0 Å². The molecule has 4 aliphatic carbocycles. The number of hydrogen-bond acceptors (Lipinski definition) is 2. The summed E-state index contributed by atoms with van der Waals surface area (Å²) in [6.07, 6.45) is 8.81. The van der Waals surface area contributed by atoms with E-state index in [2.05, 4.69) is 65.4 Å². The van der Waals surface area contributed by atoms with Crippen LogP contribution in [0.4, 0.5) is 0 Å². The zero-order valence-electron chi connectivity index (χ0n) is 27.9. The van der Waals surface area contributed by atoms with Crippen LogP contribution in [0.1, 0.15) is 122 Å². The number of aromatic amines is 2. The molecule has 3 aromatic rings. The highest BCUT2D eigenvalue weighted by atomic mass is 14.8. The molecule has 0 amide bonds. The van der Waals surface area contributed by atoms with Crippen molar-refractivity contribution >= 4 is 44.4 Å². The number of allylic oxidation sites excluding steroid dienone is 4. The normalized spacial score (nSPS) is 25.3. The Morgan fingerprint density at radius 3 is 1.34 bits per heavy atom. The van der Waals surface area contributed by atoms with Crippen molar-refractivity contribution in [3.8, 4) is 0 Å². The van der Waals surface area contributed by atoms with Crippen molar-refractivity contribution in [1.29, 1.82) is 0 Å². The number of aryl methyl sites for hydroxylation is 2. The fraction of sp³-hybridized carbons (Fsp3) is 0.500. The number of aromatic nitrogens is 4. The van der Waals surface area contributed by atoms with E-state index in [0.717, 1.165) is 51.4 Å². The predicted molar refractivity (Wildman–Crippen MR) is 184 cm³/mol. The SMILES string of the molecule is CC1=C2CC(C)Cc3c2nc1c1c2nc(c4c5[nH]c(c(C)c5CC(C)C4)c4c5[nH]c3c(C)c5CC(C)C4)C(C)=C2CC(C)C1. The molecule has 0 spiro atoms. The summed E-state index contributed by atoms with van der Waals surface area (Å²) in [6.45, 7) is 19.2. The molecule has 3 aromatic heterocycles. The molecule has 2 N–H and O–H groups in total. The maximum Gasteiger partial charge on any atom is 0.0726 e. The van der Waals surface area contributed by atoms with Crippen LogP contribution < -0.4 is 0 Å². The lowest BCUT2D eigenvalue weighted by Crippen LogP contribution is -2.12. The molecule has 6 aliphatic rings. The summed E-state index contributed by atoms with van der Waals surface area (Å²) in [5.41, 5.74) is 27.8. The van der Waals surface area contributed by atoms with Crippen LogP contribution in [0.15, 0.2) is 0 Å². The molecular weight excluding hydrogens is 536 g/mol. The highest BCUT2D eigenvalue weighted by Gasteiger charge is 2.36. The Balaban J connectivity index is 1.55. The van der Waals surface area contributed by atoms with E-state index in [1.54, 1.807) is 0 Å². The summed E-state index contributed by atoms with van der Waals surface area (Å²) in [6, 6.07) is 0. The van der Waals surface area contributed by atoms with Crippen molar-refractivity contribution < 1.29 is 0 Å². The monoisotopic (exact) mass is 582 g/mol. The third-order valence-electron chi connectivity index (χ3n) is 12.2. The van der Waals surface area contributed by atoms with Gasteiger partial charge >= 0.3 is 0 Å². The molecule has 44 heavy (non-hydrogen) atoms. The average molecular weight is 583 g/mol. The molecule has 226 valence electrons. The Morgan fingerprint density at radius 2 is 0.773 bits per heavy atom. The Kier molecular flexibility index (Phi) is 5.56. The van der Waals surface area contributed by atoms with Crippen molar-refractivity contribution in [2.75, 3.05) is 0 Å². The number of nitrogens with one attached hydrogen (secondary N) is 2. The van der Waals surface area contributed by atoms with Crippen LogP contribution in [-0.4, -0.2) is 19.9 Å². The molecule has 2 aliphatic heterocycles. The Bertz CT molecular complexity index is 2080. The third kappa shape index (κ3) is 3.52. The second-order valence-corrected chi connectivity index (χ2v) is 15.8. The number of rotatable bonds is 0. The second-order valence-electron chi connectivity index (χ2n) is 15.8. The number of hydrogen-bond donors (Lipinski definition) is 2. The lowest BCUT2D eigenvalue weighted by Gasteiger charge is -2.23. The first-order valence-corrected chi connectivity index (χ1v) is 17.3. The molecule has 4 unspecified atom stereocenters. The van der Waals surface area contributed by atoms with Crippen LogP contribution in [0.2, 0.25) is 0 Å². The minimum atomic E-state index is 0.587. The van der Waals surface area contributed by atoms with E-state index in [1.165, 1.54) is 112 Å². The van der Waals surface area contributed by atoms with Crippen LogP contribution in [0.25, 0.3) is 44.4 Å². The van der Waals surface area contributed by atoms with Crippen LogP contribution >= 0.6 is 0 Å². The first-order chi connectivity index (χ1) is 21.1. The summed E-state index contributed by atoms with van der Waals surface area (Å²) in [5.74, 6) is 2.40. The zero-order chi connectivity index (χ0) is 30.3. The molecule has 4 nitrogen and oxygen atoms in total. The van der Waals surface area contributed by atoms with Gasteiger partial charge < -0.3 is 9.97 Å². The van der Waals surface area contributed by atoms with E-state index in [9.17, 15) is 0 Å². The van der Waals surface area contributed by atoms with E-state index >= 15 is 0 Å². The van der Waals surface area contributed by atoms with Crippen molar-refractivity contribution in [3.05, 3.63) is 67.3 Å². The molecule has 4 heteroatoms. The minimum Gasteiger partial charge on any atom is -0.354 e. The maximum absolute atomic E-state index is 5.63. The minimum absolute atomic E-state index is 0.587. The molecule has 0 fully saturated rings. The summed E-state index contributed by atoms with van der Waals surface area (Å²) in [4.78, 5) is 19.5. The molecular formula is C40H46N4. The van der Waals surface area contributed by atoms with Gasteiger partial charge in [-0.05, 0) is 153 Å². The van der Waals surface area contributed by atoms with Gasteiger partial charge in [-0.25, -0.2) is 9.97 Å². The van der Waals surface area contributed by atoms with E-state index in [0.29, 0.717) is 23.7 Å². The van der Waals surface area contributed by atoms with Crippen molar-refractivity contribution in [3.63, 3.8) is 0 Å². The Hall–Kier alpha value is -3.40. The first kappa shape index (κ1) is 27.0. The lowest BCUT2D eigenvalue weighted by atomic mass is 9.80. The quantitative estimate of drug-likeness (QED) is 0.277. The van der Waals surface area contributed by atoms with Crippen LogP contribution in [0.5, 0.6) is 0 Å². The summed E-state index contributed by atoms with van der Waals surface area (Å²) in [5, 5.41) is 0. The van der Waals surface area contributed by atoms with Gasteiger partial charge in [0, 0.05) is 38.8 Å². The van der Waals surface area contributed by atoms with Gasteiger partial charge in [0.25, 0.3) is 0 Å². The summed E-state index contributed by atoms with van der Waals surface area (Å²) >= 11 is 0. The van der Waals surface area contributed by atoms with Crippen molar-refractivity contribution in [2.45, 2.75) is 107 Å². The van der Waals surface area contributed by atoms with E-state index < -0.39 is 0 Å². The standard InChI is InChI=1S/C40H46N4/c1-17-9-25-21(5)34-30-14-19(3)11-27-23(7)36(43-39(27)30)32-16-20(4)12-28-24(8)35(44-40(28)32)31-15-18(2)10-26-22(6)33(41-38(26)31)29(13-17)37(25)42-34/h17-20,41-42H,9-16H2,1-8H3. The highest BCUT2D eigenvalue weighted by Crippen LogP contribution is 2.49. The maximum atomic E-state index is 5.63. The van der Waals surface area contributed by atoms with Crippen molar-refractivity contribution in [1.82, 2.24) is 19.9 Å². The molecule has 8 bridgehead atoms. The zero-order valence-corrected chi connectivity index (χ0v) is 27.9. The van der Waals surface area contributed by atoms with E-state index in [4.69, 9.17) is 9.97 Å². The Labute approximate surface area is 261 Å². The third-order valence-corrected chi connectivity index (χ3v) is 12.2. The molecule has 0 saturated carbocycles. The van der Waals surface area contributed by atoms with E-state index in [-0.39, 0.29) is 0 Å². The number of H-pyrrole nitrogens is 2. The van der Waals surface area contributed by atoms with Crippen LogP contribution in [0, 0.1) is 37.5 Å². The average Bonchev–Trinajstić information content (AvgIpc) is 3.69. The van der Waals surface area contributed by atoms with Gasteiger partial charge in [-0.3, -0.25) is 0 Å². The van der Waals surface area contributed by atoms with Gasteiger partial charge in [0.1, 0.15) is 0 Å². The smallest absolute Gasteiger partial charge is 0.0726 e. The van der Waals surface area contributed by atoms with Crippen LogP contribution in [0.3, 0.4) is 0 Å². The predicted octanol–water partition coefficient (Wildman–Crippen LogP) is 9.43. The summed E-state index contributed by atoms with van der Waals surface area (Å²) < 4.78 is 0. The molecule has 0 radical (unpaired) electrons. The molecule has 4 atom stereocenters. The summed E-state index contributed by atoms with van der Waals surface area (Å²) in [7, 11) is 0. The Morgan fingerprint density at radius 1 is 0.409 bits per heavy atom. The largest absolute Gasteiger partial charge is 0.354 e. The van der Waals surface area contributed by atoms with Gasteiger partial charge in [0.2, 0.25) is 0 Å². The topological polar surface area (TPSA) is 57.4 Å². The molecule has 0 aromatic carbocycles. The number of fused-ring (bicyclic) bond motifs is 8. The van der Waals surface area contributed by atoms with Gasteiger partial charge in [0.15, 0.2) is 0 Å². The molecule has 0 saturated heterocycles. The van der Waals surface area contributed by atoms with Crippen LogP contribution in [-0.2, 0) is 38.5 Å². The van der Waals surface area contributed by atoms with Gasteiger partial charge in [-0.1, -0.05) is 27.7 Å². The number of nitrogens with zero attached hydrogens (tertiary/aromatic N) is 2. The molecule has 9 rings (SSSR count). The van der Waals surface area contributed by atoms with Gasteiger partial charge in [-0.15, -0.1) is 0 Å². The lowest BCUT2D eigenvalue weighted by molar-refractivity contribution is 0.566. The fourth-order valence-electron chi connectivity index (χ4n) is 9.99. The molecule has 5 heterocycles. The second kappa shape index (κ2) is 9.08. The fourth-order valence-corrected chi connectivity index (χ4v) is 9.99. The van der Waals surface area contributed by atoms with Crippen molar-refractivity contribution in [2.24, 2.45) is 23.7 Å². The highest BCUT2D eigenvalue weighted by molar-refractivity contribution is 6.00. The first-order valence-electron chi connectivity index (χ1n) is 17.3. The van der Waals surface area contributed by atoms with Gasteiger partial charge in [0.05, 0.1) is 22.8 Å².